The van der Waals surface area contributed by atoms with Gasteiger partial charge in [-0.3, -0.25) is 24.0 Å². The number of aliphatic hydroxyl groups excluding tert-OH is 5. The molecule has 4 aliphatic heterocycles. The third-order valence-electron chi connectivity index (χ3n) is 9.36. The highest BCUT2D eigenvalue weighted by atomic mass is 16.7. The van der Waals surface area contributed by atoms with Gasteiger partial charge < -0.3 is 64.9 Å². The summed E-state index contributed by atoms with van der Waals surface area (Å²) < 4.78 is 21.8. The molecule has 5 amide bonds. The van der Waals surface area contributed by atoms with Gasteiger partial charge in [-0.25, -0.2) is 4.79 Å². The van der Waals surface area contributed by atoms with Gasteiger partial charge in [0.2, 0.25) is 17.7 Å². The summed E-state index contributed by atoms with van der Waals surface area (Å²) >= 11 is 0. The van der Waals surface area contributed by atoms with Gasteiger partial charge in [0, 0.05) is 45.2 Å². The summed E-state index contributed by atoms with van der Waals surface area (Å²) in [5, 5.41) is 55.7. The summed E-state index contributed by atoms with van der Waals surface area (Å²) in [5.74, 6) is -3.71. The molecule has 0 bridgehead atoms. The Morgan fingerprint density at radius 2 is 1.27 bits per heavy atom. The van der Waals surface area contributed by atoms with Crippen LogP contribution < -0.4 is 10.6 Å². The molecule has 0 aromatic carbocycles. The van der Waals surface area contributed by atoms with Crippen LogP contribution in [-0.2, 0) is 52.6 Å². The number of nitrogens with zero attached hydrogens (tertiary/aromatic N) is 2. The molecule has 7 N–H and O–H groups in total. The van der Waals surface area contributed by atoms with E-state index in [1.807, 2.05) is 0 Å². The van der Waals surface area contributed by atoms with E-state index in [9.17, 15) is 54.3 Å². The first kappa shape index (κ1) is 41.4. The largest absolute Gasteiger partial charge is 0.390 e. The van der Waals surface area contributed by atoms with Crippen molar-refractivity contribution in [2.45, 2.75) is 139 Å². The van der Waals surface area contributed by atoms with Crippen LogP contribution in [0.3, 0.4) is 0 Å². The Morgan fingerprint density at radius 3 is 1.87 bits per heavy atom. The van der Waals surface area contributed by atoms with Gasteiger partial charge in [-0.1, -0.05) is 0 Å². The van der Waals surface area contributed by atoms with Crippen molar-refractivity contribution in [3.63, 3.8) is 0 Å². The van der Waals surface area contributed by atoms with E-state index in [0.717, 1.165) is 0 Å². The van der Waals surface area contributed by atoms with Crippen molar-refractivity contribution >= 4 is 35.5 Å². The molecule has 4 rings (SSSR count). The van der Waals surface area contributed by atoms with Crippen molar-refractivity contribution < 1.29 is 78.1 Å². The maximum absolute atomic E-state index is 13.5. The van der Waals surface area contributed by atoms with Crippen LogP contribution in [-0.4, -0.2) is 165 Å². The predicted octanol–water partition coefficient (Wildman–Crippen LogP) is -3.54. The summed E-state index contributed by atoms with van der Waals surface area (Å²) in [6.45, 7) is 2.82. The molecule has 0 aromatic heterocycles. The quantitative estimate of drug-likeness (QED) is 0.0595. The minimum atomic E-state index is -1.53. The number of imide groups is 1. The zero-order valence-electron chi connectivity index (χ0n) is 29.2. The summed E-state index contributed by atoms with van der Waals surface area (Å²) in [5.41, 5.74) is 0. The molecule has 0 radical (unpaired) electrons. The van der Waals surface area contributed by atoms with Gasteiger partial charge in [-0.05, 0) is 39.5 Å². The second kappa shape index (κ2) is 19.1. The van der Waals surface area contributed by atoms with Gasteiger partial charge in [0.25, 0.3) is 11.8 Å². The van der Waals surface area contributed by atoms with Crippen LogP contribution in [0.4, 0.5) is 0 Å². The topological polar surface area (TPSA) is 280 Å². The lowest BCUT2D eigenvalue weighted by Crippen LogP contribution is -2.57. The lowest BCUT2D eigenvalue weighted by Gasteiger charge is -2.38. The second-order valence-corrected chi connectivity index (χ2v) is 13.2. The SMILES string of the molecule is C[C@@H]1O[C@@H](OCCNC(=O)[C@H]2CC[C@H](C(=O)NCCO[C@@H]3O[C@@H](C)[C@@H](O)C[C@@H]3O)N2C(=O)CCCCC(=O)ON2C(=O)CCC2=O)[C@@H](O)[C@H](O)[C@@H]1O. The maximum atomic E-state index is 13.5. The average Bonchev–Trinajstić information content (AvgIpc) is 3.69. The average molecular weight is 747 g/mol. The van der Waals surface area contributed by atoms with Crippen molar-refractivity contribution in [3.8, 4) is 0 Å². The van der Waals surface area contributed by atoms with Crippen LogP contribution >= 0.6 is 0 Å². The number of amides is 5. The third-order valence-corrected chi connectivity index (χ3v) is 9.36. The van der Waals surface area contributed by atoms with E-state index < -0.39 is 103 Å². The highest BCUT2D eigenvalue weighted by molar-refractivity contribution is 6.01. The monoisotopic (exact) mass is 746 g/mol. The minimum absolute atomic E-state index is 0.0152. The van der Waals surface area contributed by atoms with Gasteiger partial charge in [-0.2, -0.15) is 0 Å². The Kier molecular flexibility index (Phi) is 15.2. The molecule has 20 heteroatoms. The molecule has 294 valence electrons. The van der Waals surface area contributed by atoms with Crippen LogP contribution in [0.15, 0.2) is 0 Å². The van der Waals surface area contributed by atoms with Crippen molar-refractivity contribution in [1.82, 2.24) is 20.6 Å². The zero-order chi connectivity index (χ0) is 38.1. The first-order valence-electron chi connectivity index (χ1n) is 17.6. The molecule has 0 unspecified atom stereocenters. The summed E-state index contributed by atoms with van der Waals surface area (Å²) in [7, 11) is 0. The number of aliphatic hydroxyl groups is 5. The standard InChI is InChI=1S/C32H50N4O16/c1-16-20(37)15-21(38)31(50-16)48-13-11-33-29(46)18-7-8-19(30(47)34-12-14-49-32-28(45)27(44)26(43)17(2)51-32)35(18)22(39)5-3-4-6-25(42)52-36-23(40)9-10-24(36)41/h16-21,26-28,31-32,37-38,43-45H,3-15H2,1-2H3,(H,33,46)(H,34,47)/t16-,17-,18+,19+,20-,21-,26+,27+,28-,31+,32+/m0/s1. The molecule has 11 atom stereocenters. The molecular weight excluding hydrogens is 696 g/mol. The molecule has 4 aliphatic rings. The van der Waals surface area contributed by atoms with Crippen molar-refractivity contribution in [2.24, 2.45) is 0 Å². The predicted molar refractivity (Wildman–Crippen MR) is 171 cm³/mol. The highest BCUT2D eigenvalue weighted by Gasteiger charge is 2.45. The van der Waals surface area contributed by atoms with E-state index in [0.29, 0.717) is 5.06 Å². The van der Waals surface area contributed by atoms with Crippen molar-refractivity contribution in [2.75, 3.05) is 26.3 Å². The van der Waals surface area contributed by atoms with Gasteiger partial charge in [0.1, 0.15) is 36.5 Å². The third kappa shape index (κ3) is 10.6. The normalized spacial score (nSPS) is 33.6. The van der Waals surface area contributed by atoms with E-state index in [1.54, 1.807) is 6.92 Å². The number of nitrogens with one attached hydrogen (secondary N) is 2. The number of hydrogen-bond acceptors (Lipinski definition) is 16. The Balaban J connectivity index is 1.29. The van der Waals surface area contributed by atoms with Gasteiger partial charge >= 0.3 is 5.97 Å². The molecule has 4 fully saturated rings. The van der Waals surface area contributed by atoms with E-state index in [1.165, 1.54) is 11.8 Å². The molecule has 20 nitrogen and oxygen atoms in total. The van der Waals surface area contributed by atoms with Crippen molar-refractivity contribution in [1.29, 1.82) is 0 Å². The van der Waals surface area contributed by atoms with Gasteiger partial charge in [0.15, 0.2) is 12.6 Å². The number of ether oxygens (including phenoxy) is 4. The van der Waals surface area contributed by atoms with E-state index in [4.69, 9.17) is 23.8 Å². The number of carbonyl (C=O) groups excluding carboxylic acids is 6. The molecular formula is C32H50N4O16. The first-order valence-corrected chi connectivity index (χ1v) is 17.6. The number of hydrogen-bond donors (Lipinski definition) is 7. The maximum Gasteiger partial charge on any atom is 0.333 e. The summed E-state index contributed by atoms with van der Waals surface area (Å²) in [4.78, 5) is 81.7. The number of hydroxylamine groups is 2. The lowest BCUT2D eigenvalue weighted by atomic mass is 10.0. The highest BCUT2D eigenvalue weighted by Crippen LogP contribution is 2.27. The van der Waals surface area contributed by atoms with Gasteiger partial charge in [-0.15, -0.1) is 5.06 Å². The van der Waals surface area contributed by atoms with Crippen LogP contribution in [0.2, 0.25) is 0 Å². The molecule has 4 heterocycles. The van der Waals surface area contributed by atoms with Gasteiger partial charge in [0.05, 0.1) is 31.5 Å². The fraction of sp³-hybridized carbons (Fsp3) is 0.812. The number of rotatable bonds is 16. The number of likely N-dealkylation sites (tertiary alicyclic amines) is 1. The summed E-state index contributed by atoms with van der Waals surface area (Å²) in [6, 6.07) is -2.06. The molecule has 0 saturated carbocycles. The fourth-order valence-corrected chi connectivity index (χ4v) is 6.33. The Morgan fingerprint density at radius 1 is 0.731 bits per heavy atom. The molecule has 0 aromatic rings. The Hall–Kier alpha value is -3.34. The molecule has 4 saturated heterocycles. The first-order chi connectivity index (χ1) is 24.7. The Bertz CT molecular complexity index is 1270. The Labute approximate surface area is 299 Å². The van der Waals surface area contributed by atoms with Crippen LogP contribution in [0, 0.1) is 0 Å². The summed E-state index contributed by atoms with van der Waals surface area (Å²) in [6.07, 6.45) is -9.63. The van der Waals surface area contributed by atoms with Crippen molar-refractivity contribution in [3.05, 3.63) is 0 Å². The minimum Gasteiger partial charge on any atom is -0.390 e. The lowest BCUT2D eigenvalue weighted by molar-refractivity contribution is -0.292. The molecule has 52 heavy (non-hydrogen) atoms. The molecule has 0 aliphatic carbocycles. The number of carbonyl (C=O) groups is 6. The molecule has 0 spiro atoms. The van der Waals surface area contributed by atoms with Crippen LogP contribution in [0.1, 0.15) is 71.6 Å². The van der Waals surface area contributed by atoms with E-state index in [2.05, 4.69) is 10.6 Å². The van der Waals surface area contributed by atoms with E-state index >= 15 is 0 Å². The fourth-order valence-electron chi connectivity index (χ4n) is 6.33. The van der Waals surface area contributed by atoms with Crippen LogP contribution in [0.25, 0.3) is 0 Å². The number of unbranched alkanes of at least 4 members (excludes halogenated alkanes) is 1. The van der Waals surface area contributed by atoms with E-state index in [-0.39, 0.29) is 84.1 Å². The smallest absolute Gasteiger partial charge is 0.333 e. The zero-order valence-corrected chi connectivity index (χ0v) is 29.2. The van der Waals surface area contributed by atoms with Crippen LogP contribution in [0.5, 0.6) is 0 Å². The second-order valence-electron chi connectivity index (χ2n) is 13.2.